The average Bonchev–Trinajstić information content (AvgIpc) is 3.56. The number of anilines is 4. The summed E-state index contributed by atoms with van der Waals surface area (Å²) >= 11 is 2.12. The number of benzene rings is 1. The summed E-state index contributed by atoms with van der Waals surface area (Å²) in [6, 6.07) is 8.20. The molecule has 35 heavy (non-hydrogen) atoms. The van der Waals surface area contributed by atoms with Crippen molar-refractivity contribution in [2.45, 2.75) is 6.18 Å². The maximum Gasteiger partial charge on any atom is 0.445 e. The van der Waals surface area contributed by atoms with E-state index in [0.29, 0.717) is 42.6 Å². The number of aromatic nitrogens is 3. The molecule has 2 fully saturated rings. The third-order valence-electron chi connectivity index (χ3n) is 5.93. The van der Waals surface area contributed by atoms with Gasteiger partial charge in [0.25, 0.3) is 0 Å². The van der Waals surface area contributed by atoms with Crippen molar-refractivity contribution in [3.63, 3.8) is 0 Å². The molecule has 0 saturated carbocycles. The molecule has 2 aliphatic heterocycles. The highest BCUT2D eigenvalue weighted by Gasteiger charge is 2.36. The Kier molecular flexibility index (Phi) is 6.80. The Morgan fingerprint density at radius 2 is 1.63 bits per heavy atom. The molecule has 0 amide bonds. The number of alkyl halides is 3. The fourth-order valence-corrected chi connectivity index (χ4v) is 5.74. The van der Waals surface area contributed by atoms with Gasteiger partial charge < -0.3 is 25.3 Å². The first-order valence-corrected chi connectivity index (χ1v) is 13.0. The molecule has 0 radical (unpaired) electrons. The number of thiazole rings is 1. The molecule has 1 aromatic carbocycles. The Morgan fingerprint density at radius 1 is 0.943 bits per heavy atom. The Hall–Kier alpha value is -2.90. The highest BCUT2D eigenvalue weighted by Crippen LogP contribution is 2.35. The summed E-state index contributed by atoms with van der Waals surface area (Å²) in [5.74, 6) is 0. The first-order chi connectivity index (χ1) is 16.9. The molecule has 4 heterocycles. The number of hydrogen-bond acceptors (Lipinski definition) is 10. The number of halogens is 3. The molecule has 0 atom stereocenters. The molecule has 5 rings (SSSR count). The molecule has 8 nitrogen and oxygen atoms in total. The summed E-state index contributed by atoms with van der Waals surface area (Å²) in [6.45, 7) is 10.4. The van der Waals surface area contributed by atoms with Crippen molar-refractivity contribution in [2.75, 3.05) is 72.4 Å². The zero-order valence-corrected chi connectivity index (χ0v) is 20.5. The second-order valence-electron chi connectivity index (χ2n) is 8.23. The first-order valence-electron chi connectivity index (χ1n) is 11.3. The van der Waals surface area contributed by atoms with Crippen LogP contribution in [0.4, 0.5) is 34.8 Å². The number of piperazine rings is 2. The maximum absolute atomic E-state index is 12.8. The molecule has 2 aromatic heterocycles. The topological polar surface area (TPSA) is 72.5 Å². The van der Waals surface area contributed by atoms with Crippen molar-refractivity contribution in [1.82, 2.24) is 20.5 Å². The minimum Gasteiger partial charge on any atom is -0.367 e. The van der Waals surface area contributed by atoms with E-state index in [2.05, 4.69) is 43.3 Å². The molecule has 2 aliphatic rings. The molecule has 0 unspecified atom stereocenters. The molecule has 2 saturated heterocycles. The van der Waals surface area contributed by atoms with E-state index in [1.165, 1.54) is 11.3 Å². The molecular weight excluding hydrogens is 497 g/mol. The van der Waals surface area contributed by atoms with Crippen molar-refractivity contribution in [3.05, 3.63) is 46.9 Å². The van der Waals surface area contributed by atoms with Crippen LogP contribution in [-0.4, -0.2) is 67.5 Å². The summed E-state index contributed by atoms with van der Waals surface area (Å²) in [5, 5.41) is 16.1. The van der Waals surface area contributed by atoms with Gasteiger partial charge in [0.05, 0.1) is 22.8 Å². The van der Waals surface area contributed by atoms with Crippen LogP contribution >= 0.6 is 22.7 Å². The van der Waals surface area contributed by atoms with Crippen molar-refractivity contribution < 1.29 is 13.2 Å². The Labute approximate surface area is 209 Å². The Morgan fingerprint density at radius 3 is 2.31 bits per heavy atom. The Bertz CT molecular complexity index is 1160. The van der Waals surface area contributed by atoms with Crippen LogP contribution in [0.3, 0.4) is 0 Å². The summed E-state index contributed by atoms with van der Waals surface area (Å²) in [5.41, 5.74) is 3.65. The van der Waals surface area contributed by atoms with E-state index in [-0.39, 0.29) is 0 Å². The number of nitrogens with one attached hydrogen (secondary N) is 2. The van der Waals surface area contributed by atoms with Gasteiger partial charge >= 0.3 is 6.18 Å². The monoisotopic (exact) mass is 522 g/mol. The number of rotatable bonds is 6. The average molecular weight is 523 g/mol. The highest BCUT2D eigenvalue weighted by atomic mass is 32.1. The van der Waals surface area contributed by atoms with Gasteiger partial charge in [-0.1, -0.05) is 30.0 Å². The lowest BCUT2D eigenvalue weighted by Gasteiger charge is -2.34. The molecule has 0 spiro atoms. The van der Waals surface area contributed by atoms with Crippen LogP contribution < -0.4 is 25.3 Å². The van der Waals surface area contributed by atoms with Gasteiger partial charge in [-0.05, 0) is 12.1 Å². The van der Waals surface area contributed by atoms with Crippen LogP contribution in [-0.2, 0) is 6.18 Å². The van der Waals surface area contributed by atoms with E-state index in [1.807, 2.05) is 28.5 Å². The van der Waals surface area contributed by atoms with Gasteiger partial charge in [0.2, 0.25) is 10.1 Å². The van der Waals surface area contributed by atoms with Gasteiger partial charge in [0.15, 0.2) is 5.13 Å². The minimum atomic E-state index is -4.46. The van der Waals surface area contributed by atoms with E-state index < -0.39 is 11.2 Å². The van der Waals surface area contributed by atoms with Crippen LogP contribution in [0, 0.1) is 0 Å². The fourth-order valence-electron chi connectivity index (χ4n) is 4.08. The fraction of sp³-hybridized carbons (Fsp3) is 0.409. The van der Waals surface area contributed by atoms with Crippen molar-refractivity contribution in [3.8, 4) is 0 Å². The Balaban J connectivity index is 1.20. The molecule has 0 bridgehead atoms. The van der Waals surface area contributed by atoms with E-state index in [9.17, 15) is 13.2 Å². The molecule has 0 aliphatic carbocycles. The predicted molar refractivity (Wildman–Crippen MR) is 136 cm³/mol. The summed E-state index contributed by atoms with van der Waals surface area (Å²) < 4.78 is 38.5. The van der Waals surface area contributed by atoms with Crippen molar-refractivity contribution >= 4 is 50.0 Å². The van der Waals surface area contributed by atoms with Crippen LogP contribution in [0.2, 0.25) is 0 Å². The predicted octanol–water partition coefficient (Wildman–Crippen LogP) is 3.83. The summed E-state index contributed by atoms with van der Waals surface area (Å²) in [7, 11) is 0. The highest BCUT2D eigenvalue weighted by molar-refractivity contribution is 7.15. The van der Waals surface area contributed by atoms with Gasteiger partial charge in [-0.2, -0.15) is 13.2 Å². The standard InChI is InChI=1S/C22H25F3N8S2/c1-15(27-16-4-2-3-5-18(16)31-8-6-26-7-9-31)17-14-34-20(28-17)32-10-12-33(13-11-32)21-30-29-19(35-21)22(23,24)25/h2-5,14,26-27H,1,6-13H2. The number of nitrogens with zero attached hydrogens (tertiary/aromatic N) is 6. The largest absolute Gasteiger partial charge is 0.445 e. The van der Waals surface area contributed by atoms with E-state index in [4.69, 9.17) is 4.98 Å². The third kappa shape index (κ3) is 5.36. The second kappa shape index (κ2) is 9.99. The second-order valence-corrected chi connectivity index (χ2v) is 10.0. The molecule has 2 N–H and O–H groups in total. The summed E-state index contributed by atoms with van der Waals surface area (Å²) in [4.78, 5) is 11.1. The zero-order chi connectivity index (χ0) is 24.4. The number of hydrogen-bond donors (Lipinski definition) is 2. The lowest BCUT2D eigenvalue weighted by molar-refractivity contribution is -0.138. The number of para-hydroxylation sites is 2. The van der Waals surface area contributed by atoms with Gasteiger partial charge in [-0.25, -0.2) is 4.98 Å². The minimum absolute atomic E-state index is 0.303. The SMILES string of the molecule is C=C(Nc1ccccc1N1CCNCC1)c1csc(N2CCN(c3nnc(C(F)(F)F)s3)CC2)n1. The van der Waals surface area contributed by atoms with Crippen molar-refractivity contribution in [1.29, 1.82) is 0 Å². The maximum atomic E-state index is 12.8. The van der Waals surface area contributed by atoms with Gasteiger partial charge in [-0.3, -0.25) is 0 Å². The molecular formula is C22H25F3N8S2. The van der Waals surface area contributed by atoms with E-state index in [1.54, 1.807) is 0 Å². The van der Waals surface area contributed by atoms with Crippen LogP contribution in [0.25, 0.3) is 5.70 Å². The van der Waals surface area contributed by atoms with Crippen molar-refractivity contribution in [2.24, 2.45) is 0 Å². The third-order valence-corrected chi connectivity index (χ3v) is 7.86. The van der Waals surface area contributed by atoms with Crippen LogP contribution in [0.15, 0.2) is 36.2 Å². The lowest BCUT2D eigenvalue weighted by Crippen LogP contribution is -2.46. The van der Waals surface area contributed by atoms with Gasteiger partial charge in [-0.15, -0.1) is 21.5 Å². The summed E-state index contributed by atoms with van der Waals surface area (Å²) in [6.07, 6.45) is -4.46. The molecule has 186 valence electrons. The van der Waals surface area contributed by atoms with E-state index >= 15 is 0 Å². The smallest absolute Gasteiger partial charge is 0.367 e. The molecule has 3 aromatic rings. The van der Waals surface area contributed by atoms with Crippen LogP contribution in [0.1, 0.15) is 10.7 Å². The van der Waals surface area contributed by atoms with Crippen LogP contribution in [0.5, 0.6) is 0 Å². The quantitative estimate of drug-likeness (QED) is 0.506. The lowest BCUT2D eigenvalue weighted by atomic mass is 10.2. The first kappa shape index (κ1) is 23.8. The van der Waals surface area contributed by atoms with Gasteiger partial charge in [0, 0.05) is 57.7 Å². The molecule has 13 heteroatoms. The van der Waals surface area contributed by atoms with E-state index in [0.717, 1.165) is 54.1 Å². The zero-order valence-electron chi connectivity index (χ0n) is 18.9. The van der Waals surface area contributed by atoms with Gasteiger partial charge in [0.1, 0.15) is 0 Å². The normalized spacial score (nSPS) is 17.1.